The maximum absolute atomic E-state index is 11.8. The van der Waals surface area contributed by atoms with Crippen molar-refractivity contribution in [1.82, 2.24) is 5.32 Å². The number of hydrogen-bond donors (Lipinski definition) is 2. The van der Waals surface area contributed by atoms with Crippen molar-refractivity contribution in [3.05, 3.63) is 54.0 Å². The summed E-state index contributed by atoms with van der Waals surface area (Å²) < 4.78 is 10.6. The maximum atomic E-state index is 11.8. The fourth-order valence-corrected chi connectivity index (χ4v) is 1.68. The largest absolute Gasteiger partial charge is 0.467 e. The highest BCUT2D eigenvalue weighted by molar-refractivity contribution is 5.94. The Morgan fingerprint density at radius 3 is 2.75 bits per heavy atom. The number of anilines is 1. The van der Waals surface area contributed by atoms with E-state index in [9.17, 15) is 4.79 Å². The summed E-state index contributed by atoms with van der Waals surface area (Å²) in [4.78, 5) is 11.8. The summed E-state index contributed by atoms with van der Waals surface area (Å²) in [7, 11) is 0. The van der Waals surface area contributed by atoms with Gasteiger partial charge in [0.05, 0.1) is 6.26 Å². The predicted molar refractivity (Wildman–Crippen MR) is 76.2 cm³/mol. The van der Waals surface area contributed by atoms with E-state index >= 15 is 0 Å². The zero-order chi connectivity index (χ0) is 14.2. The second-order valence-corrected chi connectivity index (χ2v) is 4.36. The molecule has 1 heterocycles. The Kier molecular flexibility index (Phi) is 5.20. The number of hydrogen-bond acceptors (Lipinski definition) is 4. The lowest BCUT2D eigenvalue weighted by Gasteiger charge is -2.06. The van der Waals surface area contributed by atoms with Gasteiger partial charge < -0.3 is 20.2 Å². The first-order valence-electron chi connectivity index (χ1n) is 6.49. The first-order chi connectivity index (χ1) is 9.75. The molecule has 0 bridgehead atoms. The summed E-state index contributed by atoms with van der Waals surface area (Å²) in [6.07, 6.45) is 2.37. The Hall–Kier alpha value is -2.27. The van der Waals surface area contributed by atoms with E-state index in [2.05, 4.69) is 5.32 Å². The molecule has 0 aliphatic rings. The molecule has 0 aliphatic heterocycles. The van der Waals surface area contributed by atoms with Gasteiger partial charge in [-0.05, 0) is 42.8 Å². The van der Waals surface area contributed by atoms with Crippen LogP contribution >= 0.6 is 0 Å². The molecule has 0 spiro atoms. The molecule has 2 aromatic rings. The molecule has 1 aromatic carbocycles. The van der Waals surface area contributed by atoms with Gasteiger partial charge in [0.2, 0.25) is 0 Å². The number of nitrogens with two attached hydrogens (primary N) is 1. The van der Waals surface area contributed by atoms with Crippen molar-refractivity contribution in [1.29, 1.82) is 0 Å². The minimum absolute atomic E-state index is 0.101. The number of carbonyl (C=O) groups is 1. The SMILES string of the molecule is Nc1ccc(C(=O)NCCCOCc2ccco2)cc1. The third-order valence-corrected chi connectivity index (χ3v) is 2.75. The van der Waals surface area contributed by atoms with Crippen LogP contribution in [0.5, 0.6) is 0 Å². The Balaban J connectivity index is 1.58. The highest BCUT2D eigenvalue weighted by Gasteiger charge is 2.03. The van der Waals surface area contributed by atoms with Gasteiger partial charge in [0.1, 0.15) is 12.4 Å². The normalized spacial score (nSPS) is 10.4. The van der Waals surface area contributed by atoms with Crippen molar-refractivity contribution in [2.45, 2.75) is 13.0 Å². The van der Waals surface area contributed by atoms with Crippen LogP contribution in [0.3, 0.4) is 0 Å². The molecule has 20 heavy (non-hydrogen) atoms. The van der Waals surface area contributed by atoms with Crippen LogP contribution in [0.15, 0.2) is 47.1 Å². The Morgan fingerprint density at radius 2 is 2.05 bits per heavy atom. The second kappa shape index (κ2) is 7.35. The molecule has 106 valence electrons. The molecular weight excluding hydrogens is 256 g/mol. The summed E-state index contributed by atoms with van der Waals surface area (Å²) in [5.74, 6) is 0.701. The van der Waals surface area contributed by atoms with Gasteiger partial charge in [-0.25, -0.2) is 0 Å². The average molecular weight is 274 g/mol. The lowest BCUT2D eigenvalue weighted by Crippen LogP contribution is -2.25. The van der Waals surface area contributed by atoms with Crippen molar-refractivity contribution >= 4 is 11.6 Å². The van der Waals surface area contributed by atoms with Crippen LogP contribution in [-0.2, 0) is 11.3 Å². The smallest absolute Gasteiger partial charge is 0.251 e. The number of ether oxygens (including phenoxy) is 1. The quantitative estimate of drug-likeness (QED) is 0.599. The van der Waals surface area contributed by atoms with E-state index in [0.29, 0.717) is 31.0 Å². The number of benzene rings is 1. The summed E-state index contributed by atoms with van der Waals surface area (Å²) >= 11 is 0. The maximum Gasteiger partial charge on any atom is 0.251 e. The zero-order valence-corrected chi connectivity index (χ0v) is 11.2. The van der Waals surface area contributed by atoms with Gasteiger partial charge in [-0.1, -0.05) is 0 Å². The molecule has 0 atom stereocenters. The topological polar surface area (TPSA) is 77.5 Å². The second-order valence-electron chi connectivity index (χ2n) is 4.36. The van der Waals surface area contributed by atoms with Crippen LogP contribution in [0.4, 0.5) is 5.69 Å². The van der Waals surface area contributed by atoms with Crippen molar-refractivity contribution in [3.63, 3.8) is 0 Å². The van der Waals surface area contributed by atoms with Gasteiger partial charge >= 0.3 is 0 Å². The summed E-state index contributed by atoms with van der Waals surface area (Å²) in [6, 6.07) is 10.5. The molecule has 5 nitrogen and oxygen atoms in total. The van der Waals surface area contributed by atoms with Crippen LogP contribution in [0.2, 0.25) is 0 Å². The number of nitrogens with one attached hydrogen (secondary N) is 1. The molecule has 0 unspecified atom stereocenters. The molecule has 0 fully saturated rings. The van der Waals surface area contributed by atoms with Crippen molar-refractivity contribution in [2.75, 3.05) is 18.9 Å². The van der Waals surface area contributed by atoms with E-state index in [1.54, 1.807) is 30.5 Å². The van der Waals surface area contributed by atoms with Gasteiger partial charge in [0.15, 0.2) is 0 Å². The zero-order valence-electron chi connectivity index (χ0n) is 11.2. The summed E-state index contributed by atoms with van der Waals surface area (Å²) in [6.45, 7) is 1.60. The number of rotatable bonds is 7. The van der Waals surface area contributed by atoms with E-state index in [1.807, 2.05) is 12.1 Å². The van der Waals surface area contributed by atoms with Crippen LogP contribution in [-0.4, -0.2) is 19.1 Å². The Labute approximate surface area is 117 Å². The third-order valence-electron chi connectivity index (χ3n) is 2.75. The van der Waals surface area contributed by atoms with Gasteiger partial charge in [-0.15, -0.1) is 0 Å². The lowest BCUT2D eigenvalue weighted by atomic mass is 10.2. The summed E-state index contributed by atoms with van der Waals surface area (Å²) in [5.41, 5.74) is 6.82. The summed E-state index contributed by atoms with van der Waals surface area (Å²) in [5, 5.41) is 2.83. The molecular formula is C15H18N2O3. The van der Waals surface area contributed by atoms with Crippen molar-refractivity contribution in [2.24, 2.45) is 0 Å². The molecule has 1 amide bonds. The van der Waals surface area contributed by atoms with Crippen LogP contribution in [0, 0.1) is 0 Å². The van der Waals surface area contributed by atoms with Gasteiger partial charge in [0.25, 0.3) is 5.91 Å². The molecule has 2 rings (SSSR count). The van der Waals surface area contributed by atoms with Crippen LogP contribution in [0.25, 0.3) is 0 Å². The first kappa shape index (κ1) is 14.1. The predicted octanol–water partition coefficient (Wildman–Crippen LogP) is 2.20. The van der Waals surface area contributed by atoms with Gasteiger partial charge in [0, 0.05) is 24.4 Å². The number of carbonyl (C=O) groups excluding carboxylic acids is 1. The monoisotopic (exact) mass is 274 g/mol. The van der Waals surface area contributed by atoms with Gasteiger partial charge in [-0.2, -0.15) is 0 Å². The van der Waals surface area contributed by atoms with E-state index in [0.717, 1.165) is 12.2 Å². The molecule has 0 saturated heterocycles. The standard InChI is InChI=1S/C15H18N2O3/c16-13-6-4-12(5-7-13)15(18)17-8-2-9-19-11-14-3-1-10-20-14/h1,3-7,10H,2,8-9,11,16H2,(H,17,18). The fraction of sp³-hybridized carbons (Fsp3) is 0.267. The molecule has 0 saturated carbocycles. The number of amides is 1. The lowest BCUT2D eigenvalue weighted by molar-refractivity contribution is 0.0917. The Bertz CT molecular complexity index is 521. The van der Waals surface area contributed by atoms with E-state index in [1.165, 1.54) is 0 Å². The minimum Gasteiger partial charge on any atom is -0.467 e. The molecule has 0 aliphatic carbocycles. The molecule has 0 radical (unpaired) electrons. The molecule has 1 aromatic heterocycles. The molecule has 5 heteroatoms. The van der Waals surface area contributed by atoms with Crippen LogP contribution < -0.4 is 11.1 Å². The highest BCUT2D eigenvalue weighted by atomic mass is 16.5. The van der Waals surface area contributed by atoms with E-state index in [-0.39, 0.29) is 5.91 Å². The third kappa shape index (κ3) is 4.44. The average Bonchev–Trinajstić information content (AvgIpc) is 2.96. The number of nitrogen functional groups attached to an aromatic ring is 1. The van der Waals surface area contributed by atoms with Crippen molar-refractivity contribution < 1.29 is 13.9 Å². The van der Waals surface area contributed by atoms with E-state index in [4.69, 9.17) is 14.9 Å². The Morgan fingerprint density at radius 1 is 1.25 bits per heavy atom. The fourth-order valence-electron chi connectivity index (χ4n) is 1.68. The highest BCUT2D eigenvalue weighted by Crippen LogP contribution is 2.05. The van der Waals surface area contributed by atoms with Crippen molar-refractivity contribution in [3.8, 4) is 0 Å². The van der Waals surface area contributed by atoms with E-state index < -0.39 is 0 Å². The van der Waals surface area contributed by atoms with Crippen LogP contribution in [0.1, 0.15) is 22.5 Å². The van der Waals surface area contributed by atoms with Gasteiger partial charge in [-0.3, -0.25) is 4.79 Å². The first-order valence-corrected chi connectivity index (χ1v) is 6.49. The number of furan rings is 1. The molecule has 3 N–H and O–H groups in total. The minimum atomic E-state index is -0.101.